The van der Waals surface area contributed by atoms with E-state index in [0.717, 1.165) is 18.9 Å². The van der Waals surface area contributed by atoms with E-state index in [4.69, 9.17) is 0 Å². The van der Waals surface area contributed by atoms with Gasteiger partial charge in [0.25, 0.3) is 0 Å². The van der Waals surface area contributed by atoms with Crippen molar-refractivity contribution in [3.63, 3.8) is 0 Å². The van der Waals surface area contributed by atoms with Crippen LogP contribution >= 0.6 is 35.3 Å². The minimum atomic E-state index is 0. The fourth-order valence-electron chi connectivity index (χ4n) is 1.99. The number of aliphatic imine (C=N–C) groups is 1. The van der Waals surface area contributed by atoms with E-state index in [9.17, 15) is 4.79 Å². The third-order valence-corrected chi connectivity index (χ3v) is 4.15. The monoisotopic (exact) mass is 452 g/mol. The van der Waals surface area contributed by atoms with Crippen LogP contribution in [-0.4, -0.2) is 50.0 Å². The molecule has 0 aliphatic carbocycles. The molecule has 1 amide bonds. The number of thiophene rings is 1. The molecule has 132 valence electrons. The van der Waals surface area contributed by atoms with Crippen LogP contribution in [-0.2, 0) is 11.2 Å². The number of halogens is 1. The van der Waals surface area contributed by atoms with Crippen LogP contribution < -0.4 is 10.6 Å². The number of carbonyl (C=O) groups excluding carboxylic acids is 1. The molecule has 0 fully saturated rings. The molecule has 7 heteroatoms. The molecule has 1 rings (SSSR count). The third-order valence-electron chi connectivity index (χ3n) is 3.13. The van der Waals surface area contributed by atoms with Crippen molar-refractivity contribution in [3.8, 4) is 0 Å². The van der Waals surface area contributed by atoms with E-state index in [1.165, 1.54) is 9.75 Å². The van der Waals surface area contributed by atoms with Crippen molar-refractivity contribution >= 4 is 47.2 Å². The summed E-state index contributed by atoms with van der Waals surface area (Å²) in [6.07, 6.45) is 1.40. The number of amides is 1. The molecule has 0 spiro atoms. The summed E-state index contributed by atoms with van der Waals surface area (Å²) in [6.45, 7) is 7.61. The fraction of sp³-hybridized carbons (Fsp3) is 0.625. The van der Waals surface area contributed by atoms with Gasteiger partial charge in [-0.3, -0.25) is 9.79 Å². The van der Waals surface area contributed by atoms with Gasteiger partial charge in [0.05, 0.1) is 6.54 Å². The summed E-state index contributed by atoms with van der Waals surface area (Å²) in [7, 11) is 3.53. The lowest BCUT2D eigenvalue weighted by molar-refractivity contribution is -0.128. The molecule has 1 unspecified atom stereocenters. The van der Waals surface area contributed by atoms with E-state index < -0.39 is 0 Å². The maximum Gasteiger partial charge on any atom is 0.223 e. The zero-order valence-electron chi connectivity index (χ0n) is 14.7. The second-order valence-electron chi connectivity index (χ2n) is 5.56. The van der Waals surface area contributed by atoms with Gasteiger partial charge in [-0.05, 0) is 32.9 Å². The van der Waals surface area contributed by atoms with E-state index in [-0.39, 0.29) is 29.9 Å². The van der Waals surface area contributed by atoms with Gasteiger partial charge in [0, 0.05) is 49.3 Å². The Morgan fingerprint density at radius 1 is 1.39 bits per heavy atom. The minimum Gasteiger partial charge on any atom is -0.357 e. The molecule has 5 nitrogen and oxygen atoms in total. The molecule has 0 saturated carbocycles. The number of hydrogen-bond acceptors (Lipinski definition) is 3. The molecule has 0 saturated heterocycles. The highest BCUT2D eigenvalue weighted by molar-refractivity contribution is 14.0. The molecule has 23 heavy (non-hydrogen) atoms. The highest BCUT2D eigenvalue weighted by atomic mass is 127. The number of carbonyl (C=O) groups is 1. The molecule has 1 atom stereocenters. The zero-order chi connectivity index (χ0) is 16.5. The lowest BCUT2D eigenvalue weighted by atomic mass is 10.2. The number of nitrogens with zero attached hydrogens (tertiary/aromatic N) is 2. The zero-order valence-corrected chi connectivity index (χ0v) is 17.8. The molecular weight excluding hydrogens is 423 g/mol. The molecule has 2 N–H and O–H groups in total. The molecule has 1 aromatic heterocycles. The van der Waals surface area contributed by atoms with Gasteiger partial charge in [0.15, 0.2) is 5.96 Å². The Morgan fingerprint density at radius 2 is 2.09 bits per heavy atom. The van der Waals surface area contributed by atoms with Crippen molar-refractivity contribution in [1.82, 2.24) is 15.5 Å². The molecular formula is C16H29IN4OS. The first-order valence-electron chi connectivity index (χ1n) is 7.72. The van der Waals surface area contributed by atoms with Gasteiger partial charge in [0.1, 0.15) is 0 Å². The summed E-state index contributed by atoms with van der Waals surface area (Å²) in [5.41, 5.74) is 0. The number of aryl methyl sites for hydroxylation is 1. The maximum absolute atomic E-state index is 11.6. The van der Waals surface area contributed by atoms with Gasteiger partial charge in [-0.1, -0.05) is 0 Å². The van der Waals surface area contributed by atoms with Crippen LogP contribution in [0.2, 0.25) is 0 Å². The Hall–Kier alpha value is -0.830. The Kier molecular flexibility index (Phi) is 11.2. The maximum atomic E-state index is 11.6. The molecule has 0 aromatic carbocycles. The molecule has 1 aromatic rings. The van der Waals surface area contributed by atoms with Gasteiger partial charge in [0.2, 0.25) is 5.91 Å². The number of guanidine groups is 1. The summed E-state index contributed by atoms with van der Waals surface area (Å²) in [5, 5.41) is 6.62. The molecule has 0 aliphatic rings. The fourth-order valence-corrected chi connectivity index (χ4v) is 3.01. The largest absolute Gasteiger partial charge is 0.357 e. The lowest BCUT2D eigenvalue weighted by Gasteiger charge is -2.17. The third kappa shape index (κ3) is 9.14. The predicted octanol–water partition coefficient (Wildman–Crippen LogP) is 2.64. The van der Waals surface area contributed by atoms with Crippen LogP contribution in [0.1, 0.15) is 30.0 Å². The summed E-state index contributed by atoms with van der Waals surface area (Å²) in [5.74, 6) is 0.872. The van der Waals surface area contributed by atoms with Crippen molar-refractivity contribution in [2.24, 2.45) is 4.99 Å². The van der Waals surface area contributed by atoms with Crippen LogP contribution in [0.3, 0.4) is 0 Å². The van der Waals surface area contributed by atoms with Gasteiger partial charge < -0.3 is 15.5 Å². The van der Waals surface area contributed by atoms with Gasteiger partial charge in [-0.2, -0.15) is 0 Å². The average molecular weight is 452 g/mol. The Morgan fingerprint density at radius 3 is 2.61 bits per heavy atom. The average Bonchev–Trinajstić information content (AvgIpc) is 2.83. The number of nitrogens with one attached hydrogen (secondary N) is 2. The second-order valence-corrected chi connectivity index (χ2v) is 6.93. The van der Waals surface area contributed by atoms with Crippen molar-refractivity contribution in [3.05, 3.63) is 21.9 Å². The normalized spacial score (nSPS) is 12.3. The molecule has 0 aliphatic heterocycles. The second kappa shape index (κ2) is 11.7. The van der Waals surface area contributed by atoms with Crippen molar-refractivity contribution in [2.45, 2.75) is 39.7 Å². The van der Waals surface area contributed by atoms with Crippen LogP contribution in [0.5, 0.6) is 0 Å². The number of hydrogen-bond donors (Lipinski definition) is 2. The van der Waals surface area contributed by atoms with E-state index in [0.29, 0.717) is 19.0 Å². The first-order chi connectivity index (χ1) is 10.4. The molecule has 0 bridgehead atoms. The summed E-state index contributed by atoms with van der Waals surface area (Å²) in [6, 6.07) is 4.62. The first-order valence-corrected chi connectivity index (χ1v) is 8.54. The van der Waals surface area contributed by atoms with E-state index in [2.05, 4.69) is 41.6 Å². The highest BCUT2D eigenvalue weighted by Crippen LogP contribution is 2.16. The van der Waals surface area contributed by atoms with E-state index in [1.807, 2.05) is 18.3 Å². The Labute approximate surface area is 161 Å². The van der Waals surface area contributed by atoms with Crippen molar-refractivity contribution in [1.29, 1.82) is 0 Å². The highest BCUT2D eigenvalue weighted by Gasteiger charge is 2.08. The summed E-state index contributed by atoms with van der Waals surface area (Å²) in [4.78, 5) is 20.3. The lowest BCUT2D eigenvalue weighted by Crippen LogP contribution is -2.43. The molecule has 1 heterocycles. The summed E-state index contributed by atoms with van der Waals surface area (Å²) >= 11 is 1.83. The SMILES string of the molecule is CCNC(=NCCC(=O)N(C)C)NC(C)Cc1ccc(C)s1.I. The van der Waals surface area contributed by atoms with Crippen LogP contribution in [0.4, 0.5) is 0 Å². The topological polar surface area (TPSA) is 56.7 Å². The minimum absolute atomic E-state index is 0. The Bertz CT molecular complexity index is 502. The van der Waals surface area contributed by atoms with E-state index >= 15 is 0 Å². The van der Waals surface area contributed by atoms with Gasteiger partial charge in [-0.15, -0.1) is 35.3 Å². The van der Waals surface area contributed by atoms with Crippen LogP contribution in [0, 0.1) is 6.92 Å². The molecule has 0 radical (unpaired) electrons. The Balaban J connectivity index is 0.00000484. The van der Waals surface area contributed by atoms with Crippen LogP contribution in [0.15, 0.2) is 17.1 Å². The number of rotatable bonds is 7. The standard InChI is InChI=1S/C16H28N4OS.HI/c1-6-17-16(18-10-9-15(21)20(4)5)19-12(2)11-14-8-7-13(3)22-14;/h7-8,12H,6,9-11H2,1-5H3,(H2,17,18,19);1H. The van der Waals surface area contributed by atoms with Crippen LogP contribution in [0.25, 0.3) is 0 Å². The summed E-state index contributed by atoms with van der Waals surface area (Å²) < 4.78 is 0. The van der Waals surface area contributed by atoms with Gasteiger partial charge in [-0.25, -0.2) is 0 Å². The smallest absolute Gasteiger partial charge is 0.223 e. The van der Waals surface area contributed by atoms with Crippen molar-refractivity contribution < 1.29 is 4.79 Å². The quantitative estimate of drug-likeness (QED) is 0.380. The predicted molar refractivity (Wildman–Crippen MR) is 110 cm³/mol. The van der Waals surface area contributed by atoms with Crippen molar-refractivity contribution in [2.75, 3.05) is 27.2 Å². The van der Waals surface area contributed by atoms with E-state index in [1.54, 1.807) is 19.0 Å². The van der Waals surface area contributed by atoms with Gasteiger partial charge >= 0.3 is 0 Å². The first kappa shape index (κ1) is 22.2.